The van der Waals surface area contributed by atoms with Crippen molar-refractivity contribution >= 4 is 17.6 Å². The molecule has 1 saturated carbocycles. The summed E-state index contributed by atoms with van der Waals surface area (Å²) in [5, 5.41) is 13.4. The van der Waals surface area contributed by atoms with Crippen molar-refractivity contribution < 1.29 is 22.7 Å². The van der Waals surface area contributed by atoms with Crippen LogP contribution in [0.1, 0.15) is 61.4 Å². The zero-order valence-corrected chi connectivity index (χ0v) is 17.9. The standard InChI is InChI=1S/C21H30F3N5O2/c1-13(25)27-20(30)16-10-14(21(22,23)24)11-26-19(16)29-9-8-17(18(12-29)31-2)28-15-6-4-3-5-7-15/h10-11,15,17-18,28H,3-9,12H2,1-2H3,(H2,25,27,30). The number of alkyl halides is 3. The van der Waals surface area contributed by atoms with Crippen LogP contribution in [0.25, 0.3) is 0 Å². The molecule has 7 nitrogen and oxygen atoms in total. The van der Waals surface area contributed by atoms with E-state index in [0.717, 1.165) is 31.5 Å². The van der Waals surface area contributed by atoms with E-state index in [1.54, 1.807) is 12.0 Å². The first kappa shape index (κ1) is 23.5. The minimum Gasteiger partial charge on any atom is -0.378 e. The summed E-state index contributed by atoms with van der Waals surface area (Å²) in [5.41, 5.74) is -1.20. The Morgan fingerprint density at radius 1 is 1.26 bits per heavy atom. The highest BCUT2D eigenvalue weighted by atomic mass is 19.4. The first-order valence-electron chi connectivity index (χ1n) is 10.7. The number of carbonyl (C=O) groups is 1. The molecule has 2 fully saturated rings. The molecule has 2 heterocycles. The third kappa shape index (κ3) is 5.94. The lowest BCUT2D eigenvalue weighted by Gasteiger charge is -2.41. The van der Waals surface area contributed by atoms with Crippen molar-refractivity contribution in [2.75, 3.05) is 25.1 Å². The van der Waals surface area contributed by atoms with Crippen LogP contribution in [0.4, 0.5) is 19.0 Å². The number of anilines is 1. The molecule has 1 aromatic rings. The number of ether oxygens (including phenoxy) is 1. The van der Waals surface area contributed by atoms with Crippen LogP contribution in [-0.4, -0.2) is 55.1 Å². The normalized spacial score (nSPS) is 22.9. The predicted octanol–water partition coefficient (Wildman–Crippen LogP) is 3.34. The number of rotatable bonds is 5. The highest BCUT2D eigenvalue weighted by Crippen LogP contribution is 2.32. The van der Waals surface area contributed by atoms with Crippen molar-refractivity contribution in [3.8, 4) is 0 Å². The summed E-state index contributed by atoms with van der Waals surface area (Å²) in [4.78, 5) is 18.3. The lowest BCUT2D eigenvalue weighted by molar-refractivity contribution is -0.137. The fourth-order valence-electron chi connectivity index (χ4n) is 4.38. The average molecular weight is 441 g/mol. The maximum absolute atomic E-state index is 13.2. The lowest BCUT2D eigenvalue weighted by Crippen LogP contribution is -2.56. The van der Waals surface area contributed by atoms with E-state index in [9.17, 15) is 18.0 Å². The molecule has 2 unspecified atom stereocenters. The minimum absolute atomic E-state index is 0.139. The molecule has 1 aliphatic carbocycles. The molecule has 0 aromatic carbocycles. The summed E-state index contributed by atoms with van der Waals surface area (Å²) >= 11 is 0. The Hall–Kier alpha value is -2.20. The number of amidine groups is 1. The molecule has 172 valence electrons. The van der Waals surface area contributed by atoms with Crippen LogP contribution >= 0.6 is 0 Å². The molecule has 0 spiro atoms. The van der Waals surface area contributed by atoms with Gasteiger partial charge < -0.3 is 20.3 Å². The van der Waals surface area contributed by atoms with Crippen LogP contribution in [-0.2, 0) is 10.9 Å². The third-order valence-corrected chi connectivity index (χ3v) is 5.96. The number of hydrogen-bond donors (Lipinski definition) is 3. The molecule has 3 rings (SSSR count). The van der Waals surface area contributed by atoms with Crippen molar-refractivity contribution in [3.05, 3.63) is 23.4 Å². The van der Waals surface area contributed by atoms with E-state index < -0.39 is 17.6 Å². The van der Waals surface area contributed by atoms with E-state index in [0.29, 0.717) is 19.1 Å². The summed E-state index contributed by atoms with van der Waals surface area (Å²) in [7, 11) is 1.62. The highest BCUT2D eigenvalue weighted by molar-refractivity contribution is 6.07. The second kappa shape index (κ2) is 9.95. The van der Waals surface area contributed by atoms with Gasteiger partial charge in [0.15, 0.2) is 0 Å². The average Bonchev–Trinajstić information content (AvgIpc) is 2.73. The largest absolute Gasteiger partial charge is 0.417 e. The first-order valence-corrected chi connectivity index (χ1v) is 10.7. The van der Waals surface area contributed by atoms with Crippen molar-refractivity contribution in [1.29, 1.82) is 5.41 Å². The van der Waals surface area contributed by atoms with Crippen molar-refractivity contribution in [3.63, 3.8) is 0 Å². The molecule has 1 saturated heterocycles. The van der Waals surface area contributed by atoms with Gasteiger partial charge in [0.05, 0.1) is 23.1 Å². The fraction of sp³-hybridized carbons (Fsp3) is 0.667. The quantitative estimate of drug-likeness (QED) is 0.482. The van der Waals surface area contributed by atoms with Gasteiger partial charge in [-0.3, -0.25) is 10.2 Å². The monoisotopic (exact) mass is 441 g/mol. The van der Waals surface area contributed by atoms with Crippen LogP contribution in [0, 0.1) is 5.41 Å². The SMILES string of the molecule is COC1CN(c2ncc(C(F)(F)F)cc2C(=O)NC(C)=N)CCC1NC1CCCCC1. The Bertz CT molecular complexity index is 796. The molecular weight excluding hydrogens is 411 g/mol. The molecule has 1 aromatic heterocycles. The van der Waals surface area contributed by atoms with Crippen LogP contribution in [0.2, 0.25) is 0 Å². The van der Waals surface area contributed by atoms with E-state index in [1.807, 2.05) is 0 Å². The van der Waals surface area contributed by atoms with Gasteiger partial charge in [-0.2, -0.15) is 13.2 Å². The third-order valence-electron chi connectivity index (χ3n) is 5.96. The molecule has 3 N–H and O–H groups in total. The van der Waals surface area contributed by atoms with Crippen molar-refractivity contribution in [2.45, 2.75) is 69.8 Å². The molecule has 10 heteroatoms. The molecule has 0 bridgehead atoms. The van der Waals surface area contributed by atoms with E-state index in [4.69, 9.17) is 10.1 Å². The minimum atomic E-state index is -4.62. The van der Waals surface area contributed by atoms with Gasteiger partial charge in [-0.25, -0.2) is 4.98 Å². The van der Waals surface area contributed by atoms with Gasteiger partial charge in [0.2, 0.25) is 0 Å². The van der Waals surface area contributed by atoms with Gasteiger partial charge >= 0.3 is 6.18 Å². The molecular formula is C21H30F3N5O2. The second-order valence-electron chi connectivity index (χ2n) is 8.29. The van der Waals surface area contributed by atoms with Crippen LogP contribution in [0.3, 0.4) is 0 Å². The first-order chi connectivity index (χ1) is 14.7. The van der Waals surface area contributed by atoms with Crippen LogP contribution in [0.15, 0.2) is 12.3 Å². The second-order valence-corrected chi connectivity index (χ2v) is 8.29. The number of amides is 1. The summed E-state index contributed by atoms with van der Waals surface area (Å²) in [6.45, 7) is 2.29. The Kier molecular flexibility index (Phi) is 7.53. The number of piperidine rings is 1. The summed E-state index contributed by atoms with van der Waals surface area (Å²) in [6.07, 6.45) is 2.66. The molecule has 2 atom stereocenters. The number of aromatic nitrogens is 1. The molecule has 1 amide bonds. The molecule has 0 radical (unpaired) electrons. The van der Waals surface area contributed by atoms with Crippen molar-refractivity contribution in [2.24, 2.45) is 0 Å². The zero-order chi connectivity index (χ0) is 22.6. The highest BCUT2D eigenvalue weighted by Gasteiger charge is 2.36. The van der Waals surface area contributed by atoms with Crippen molar-refractivity contribution in [1.82, 2.24) is 15.6 Å². The van der Waals surface area contributed by atoms with Crippen LogP contribution in [0.5, 0.6) is 0 Å². The van der Waals surface area contributed by atoms with Gasteiger partial charge in [0, 0.05) is 38.5 Å². The van der Waals surface area contributed by atoms with E-state index in [2.05, 4.69) is 15.6 Å². The molecule has 2 aliphatic rings. The Labute approximate surface area is 180 Å². The Morgan fingerprint density at radius 2 is 1.97 bits per heavy atom. The summed E-state index contributed by atoms with van der Waals surface area (Å²) in [5.74, 6) is -0.763. The molecule has 1 aliphatic heterocycles. The number of halogens is 3. The summed E-state index contributed by atoms with van der Waals surface area (Å²) < 4.78 is 45.3. The number of pyridine rings is 1. The maximum Gasteiger partial charge on any atom is 0.417 e. The Balaban J connectivity index is 1.81. The Morgan fingerprint density at radius 3 is 2.58 bits per heavy atom. The maximum atomic E-state index is 13.2. The zero-order valence-electron chi connectivity index (χ0n) is 17.9. The summed E-state index contributed by atoms with van der Waals surface area (Å²) in [6, 6.07) is 1.40. The smallest absolute Gasteiger partial charge is 0.378 e. The lowest BCUT2D eigenvalue weighted by atomic mass is 9.92. The van der Waals surface area contributed by atoms with Gasteiger partial charge in [0.25, 0.3) is 5.91 Å². The fourth-order valence-corrected chi connectivity index (χ4v) is 4.38. The topological polar surface area (TPSA) is 90.3 Å². The number of carbonyl (C=O) groups excluding carboxylic acids is 1. The van der Waals surface area contributed by atoms with E-state index in [-0.39, 0.29) is 29.4 Å². The molecule has 31 heavy (non-hydrogen) atoms. The van der Waals surface area contributed by atoms with Crippen LogP contribution < -0.4 is 15.5 Å². The number of methoxy groups -OCH3 is 1. The van der Waals surface area contributed by atoms with Gasteiger partial charge in [-0.05, 0) is 32.3 Å². The van der Waals surface area contributed by atoms with Gasteiger partial charge in [-0.1, -0.05) is 19.3 Å². The number of hydrogen-bond acceptors (Lipinski definition) is 6. The number of nitrogens with zero attached hydrogens (tertiary/aromatic N) is 2. The van der Waals surface area contributed by atoms with E-state index >= 15 is 0 Å². The number of nitrogens with one attached hydrogen (secondary N) is 3. The van der Waals surface area contributed by atoms with Gasteiger partial charge in [0.1, 0.15) is 5.82 Å². The van der Waals surface area contributed by atoms with Gasteiger partial charge in [-0.15, -0.1) is 0 Å². The predicted molar refractivity (Wildman–Crippen MR) is 112 cm³/mol. The van der Waals surface area contributed by atoms with E-state index in [1.165, 1.54) is 26.2 Å².